The van der Waals surface area contributed by atoms with Gasteiger partial charge in [0.05, 0.1) is 7.11 Å². The van der Waals surface area contributed by atoms with Crippen molar-refractivity contribution < 1.29 is 4.74 Å². The Morgan fingerprint density at radius 1 is 1.00 bits per heavy atom. The number of hydrogen-bond acceptors (Lipinski definition) is 3. The highest BCUT2D eigenvalue weighted by atomic mass is 32.1. The van der Waals surface area contributed by atoms with Crippen molar-refractivity contribution in [2.75, 3.05) is 38.2 Å². The molecule has 0 amide bonds. The predicted octanol–water partition coefficient (Wildman–Crippen LogP) is 2.89. The second-order valence-electron chi connectivity index (χ2n) is 5.82. The summed E-state index contributed by atoms with van der Waals surface area (Å²) in [7, 11) is 1.68. The van der Waals surface area contributed by atoms with E-state index in [0.29, 0.717) is 0 Å². The quantitative estimate of drug-likeness (QED) is 0.863. The third-order valence-electron chi connectivity index (χ3n) is 4.29. The van der Waals surface area contributed by atoms with Crippen LogP contribution in [0.25, 0.3) is 0 Å². The molecule has 1 heterocycles. The van der Waals surface area contributed by atoms with Crippen LogP contribution in [0.2, 0.25) is 0 Å². The Labute approximate surface area is 149 Å². The van der Waals surface area contributed by atoms with Gasteiger partial charge in [-0.1, -0.05) is 30.3 Å². The first-order chi connectivity index (χ1) is 11.8. The summed E-state index contributed by atoms with van der Waals surface area (Å²) < 4.78 is 5.18. The molecular weight excluding hydrogens is 318 g/mol. The number of methoxy groups -OCH3 is 1. The predicted molar refractivity (Wildman–Crippen MR) is 103 cm³/mol. The van der Waals surface area contributed by atoms with Crippen LogP contribution in [0.4, 0.5) is 5.69 Å². The van der Waals surface area contributed by atoms with Gasteiger partial charge in [0.15, 0.2) is 5.11 Å². The van der Waals surface area contributed by atoms with Gasteiger partial charge < -0.3 is 19.9 Å². The Morgan fingerprint density at radius 3 is 2.29 bits per heavy atom. The highest BCUT2D eigenvalue weighted by Crippen LogP contribution is 2.16. The van der Waals surface area contributed by atoms with Crippen molar-refractivity contribution in [3.8, 4) is 5.75 Å². The van der Waals surface area contributed by atoms with Gasteiger partial charge in [0.1, 0.15) is 5.75 Å². The van der Waals surface area contributed by atoms with Gasteiger partial charge in [0.25, 0.3) is 0 Å². The fourth-order valence-electron chi connectivity index (χ4n) is 2.84. The number of anilines is 1. The SMILES string of the molecule is COc1ccc(CNC(=S)N2CCN(c3ccccc3)CC2)cc1. The maximum absolute atomic E-state index is 5.55. The van der Waals surface area contributed by atoms with Crippen molar-refractivity contribution >= 4 is 23.0 Å². The Hall–Kier alpha value is -2.27. The van der Waals surface area contributed by atoms with Crippen LogP contribution in [0.5, 0.6) is 5.75 Å². The van der Waals surface area contributed by atoms with E-state index < -0.39 is 0 Å². The molecule has 1 fully saturated rings. The minimum Gasteiger partial charge on any atom is -0.497 e. The molecule has 1 saturated heterocycles. The lowest BCUT2D eigenvalue weighted by Crippen LogP contribution is -2.51. The lowest BCUT2D eigenvalue weighted by atomic mass is 10.2. The van der Waals surface area contributed by atoms with Crippen molar-refractivity contribution in [2.24, 2.45) is 0 Å². The van der Waals surface area contributed by atoms with Crippen LogP contribution in [0.1, 0.15) is 5.56 Å². The highest BCUT2D eigenvalue weighted by Gasteiger charge is 2.18. The van der Waals surface area contributed by atoms with Crippen LogP contribution in [-0.2, 0) is 6.54 Å². The molecule has 0 aromatic heterocycles. The van der Waals surface area contributed by atoms with E-state index in [9.17, 15) is 0 Å². The molecule has 3 rings (SSSR count). The first-order valence-corrected chi connectivity index (χ1v) is 8.63. The van der Waals surface area contributed by atoms with E-state index in [0.717, 1.165) is 43.6 Å². The molecule has 0 saturated carbocycles. The van der Waals surface area contributed by atoms with Crippen LogP contribution in [0.15, 0.2) is 54.6 Å². The zero-order valence-electron chi connectivity index (χ0n) is 13.9. The minimum atomic E-state index is 0.738. The Balaban J connectivity index is 1.46. The average Bonchev–Trinajstić information content (AvgIpc) is 2.67. The Bertz CT molecular complexity index is 652. The van der Waals surface area contributed by atoms with Gasteiger partial charge in [-0.25, -0.2) is 0 Å². The summed E-state index contributed by atoms with van der Waals surface area (Å²) in [4.78, 5) is 4.65. The van der Waals surface area contributed by atoms with Gasteiger partial charge in [-0.05, 0) is 42.0 Å². The van der Waals surface area contributed by atoms with E-state index in [-0.39, 0.29) is 0 Å². The van der Waals surface area contributed by atoms with Crippen LogP contribution in [0.3, 0.4) is 0 Å². The number of hydrogen-bond donors (Lipinski definition) is 1. The molecule has 24 heavy (non-hydrogen) atoms. The smallest absolute Gasteiger partial charge is 0.169 e. The topological polar surface area (TPSA) is 27.7 Å². The number of benzene rings is 2. The summed E-state index contributed by atoms with van der Waals surface area (Å²) in [6.45, 7) is 4.62. The van der Waals surface area contributed by atoms with E-state index in [1.54, 1.807) is 7.11 Å². The van der Waals surface area contributed by atoms with Gasteiger partial charge in [0, 0.05) is 38.4 Å². The summed E-state index contributed by atoms with van der Waals surface area (Å²) in [6.07, 6.45) is 0. The van der Waals surface area contributed by atoms with Crippen molar-refractivity contribution in [2.45, 2.75) is 6.54 Å². The number of para-hydroxylation sites is 1. The van der Waals surface area contributed by atoms with Crippen molar-refractivity contribution in [1.82, 2.24) is 10.2 Å². The minimum absolute atomic E-state index is 0.738. The highest BCUT2D eigenvalue weighted by molar-refractivity contribution is 7.80. The maximum Gasteiger partial charge on any atom is 0.169 e. The van der Waals surface area contributed by atoms with Crippen molar-refractivity contribution in [1.29, 1.82) is 0 Å². The number of thiocarbonyl (C=S) groups is 1. The third kappa shape index (κ3) is 4.17. The maximum atomic E-state index is 5.55. The van der Waals surface area contributed by atoms with E-state index in [2.05, 4.69) is 57.6 Å². The molecule has 1 aliphatic heterocycles. The second-order valence-corrected chi connectivity index (χ2v) is 6.20. The lowest BCUT2D eigenvalue weighted by molar-refractivity contribution is 0.380. The number of nitrogens with zero attached hydrogens (tertiary/aromatic N) is 2. The van der Waals surface area contributed by atoms with Gasteiger partial charge in [-0.2, -0.15) is 0 Å². The second kappa shape index (κ2) is 8.02. The molecule has 5 heteroatoms. The summed E-state index contributed by atoms with van der Waals surface area (Å²) in [6, 6.07) is 18.6. The summed E-state index contributed by atoms with van der Waals surface area (Å²) in [5, 5.41) is 4.19. The summed E-state index contributed by atoms with van der Waals surface area (Å²) in [5.74, 6) is 0.873. The molecule has 0 atom stereocenters. The summed E-state index contributed by atoms with van der Waals surface area (Å²) in [5.41, 5.74) is 2.48. The van der Waals surface area contributed by atoms with Crippen LogP contribution < -0.4 is 15.0 Å². The van der Waals surface area contributed by atoms with E-state index >= 15 is 0 Å². The van der Waals surface area contributed by atoms with Crippen LogP contribution in [-0.4, -0.2) is 43.3 Å². The first-order valence-electron chi connectivity index (χ1n) is 8.22. The van der Waals surface area contributed by atoms with Crippen molar-refractivity contribution in [3.63, 3.8) is 0 Å². The molecule has 0 radical (unpaired) electrons. The van der Waals surface area contributed by atoms with Gasteiger partial charge in [-0.3, -0.25) is 0 Å². The standard InChI is InChI=1S/C19H23N3OS/c1-23-18-9-7-16(8-10-18)15-20-19(24)22-13-11-21(12-14-22)17-5-3-2-4-6-17/h2-10H,11-15H2,1H3,(H,20,24). The number of rotatable bonds is 4. The molecule has 2 aromatic carbocycles. The molecule has 0 unspecified atom stereocenters. The third-order valence-corrected chi connectivity index (χ3v) is 4.69. The molecule has 0 spiro atoms. The average molecular weight is 341 g/mol. The Kier molecular flexibility index (Phi) is 5.54. The zero-order chi connectivity index (χ0) is 16.8. The molecule has 4 nitrogen and oxygen atoms in total. The largest absolute Gasteiger partial charge is 0.497 e. The normalized spacial score (nSPS) is 14.4. The number of ether oxygens (including phenoxy) is 1. The molecular formula is C19H23N3OS. The molecule has 1 aliphatic rings. The molecule has 0 aliphatic carbocycles. The van der Waals surface area contributed by atoms with Crippen LogP contribution >= 0.6 is 12.2 Å². The van der Waals surface area contributed by atoms with Crippen molar-refractivity contribution in [3.05, 3.63) is 60.2 Å². The Morgan fingerprint density at radius 2 is 1.67 bits per heavy atom. The van der Waals surface area contributed by atoms with Gasteiger partial charge in [-0.15, -0.1) is 0 Å². The fourth-order valence-corrected chi connectivity index (χ4v) is 3.09. The molecule has 2 aromatic rings. The van der Waals surface area contributed by atoms with E-state index in [4.69, 9.17) is 17.0 Å². The van der Waals surface area contributed by atoms with Gasteiger partial charge in [0.2, 0.25) is 0 Å². The van der Waals surface area contributed by atoms with Crippen LogP contribution in [0, 0.1) is 0 Å². The fraction of sp³-hybridized carbons (Fsp3) is 0.316. The van der Waals surface area contributed by atoms with E-state index in [1.165, 1.54) is 11.3 Å². The zero-order valence-corrected chi connectivity index (χ0v) is 14.8. The number of piperazine rings is 1. The molecule has 126 valence electrons. The summed E-state index contributed by atoms with van der Waals surface area (Å²) >= 11 is 5.55. The first kappa shape index (κ1) is 16.6. The molecule has 0 bridgehead atoms. The van der Waals surface area contributed by atoms with E-state index in [1.807, 2.05) is 12.1 Å². The lowest BCUT2D eigenvalue weighted by Gasteiger charge is -2.37. The monoisotopic (exact) mass is 341 g/mol. The number of nitrogens with one attached hydrogen (secondary N) is 1. The molecule has 1 N–H and O–H groups in total. The van der Waals surface area contributed by atoms with Gasteiger partial charge >= 0.3 is 0 Å².